The number of nitrogens with one attached hydrogen (secondary N) is 2. The molecule has 24 heavy (non-hydrogen) atoms. The molecule has 0 radical (unpaired) electrons. The zero-order valence-corrected chi connectivity index (χ0v) is 14.8. The van der Waals surface area contributed by atoms with Gasteiger partial charge in [-0.2, -0.15) is 0 Å². The van der Waals surface area contributed by atoms with Gasteiger partial charge in [0.05, 0.1) is 19.1 Å². The molecule has 1 saturated carbocycles. The molecule has 0 heterocycles. The highest BCUT2D eigenvalue weighted by Crippen LogP contribution is 2.53. The van der Waals surface area contributed by atoms with Gasteiger partial charge in [-0.15, -0.1) is 0 Å². The topological polar surface area (TPSA) is 142 Å². The van der Waals surface area contributed by atoms with Crippen molar-refractivity contribution >= 4 is 17.8 Å². The number of carboxylic acids is 1. The molecule has 2 amide bonds. The van der Waals surface area contributed by atoms with E-state index in [0.717, 1.165) is 12.8 Å². The Morgan fingerprint density at radius 2 is 1.62 bits per heavy atom. The second-order valence-electron chi connectivity index (χ2n) is 7.87. The number of hydrogen-bond acceptors (Lipinski definition) is 5. The lowest BCUT2D eigenvalue weighted by Crippen LogP contribution is -2.57. The van der Waals surface area contributed by atoms with Crippen LogP contribution < -0.4 is 16.4 Å². The van der Waals surface area contributed by atoms with Crippen LogP contribution in [0, 0.1) is 16.7 Å². The Kier molecular flexibility index (Phi) is 6.35. The number of carboxylic acid groups (broad SMARTS) is 1. The molecule has 0 bridgehead atoms. The van der Waals surface area contributed by atoms with Gasteiger partial charge in [0.2, 0.25) is 11.8 Å². The fourth-order valence-electron chi connectivity index (χ4n) is 3.64. The lowest BCUT2D eigenvalue weighted by molar-refractivity contribution is -0.140. The molecule has 1 aliphatic carbocycles. The van der Waals surface area contributed by atoms with E-state index in [9.17, 15) is 19.5 Å². The summed E-state index contributed by atoms with van der Waals surface area (Å²) in [5, 5.41) is 23.1. The molecule has 8 heteroatoms. The summed E-state index contributed by atoms with van der Waals surface area (Å²) in [5.41, 5.74) is 5.11. The Morgan fingerprint density at radius 1 is 1.12 bits per heavy atom. The van der Waals surface area contributed by atoms with Gasteiger partial charge in [0.25, 0.3) is 0 Å². The van der Waals surface area contributed by atoms with Gasteiger partial charge in [0.1, 0.15) is 6.17 Å². The van der Waals surface area contributed by atoms with Gasteiger partial charge in [-0.05, 0) is 23.7 Å². The lowest BCUT2D eigenvalue weighted by Gasteiger charge is -2.35. The minimum absolute atomic E-state index is 0.183. The normalized spacial score (nSPS) is 21.8. The van der Waals surface area contributed by atoms with Crippen molar-refractivity contribution in [3.8, 4) is 0 Å². The average molecular weight is 343 g/mol. The van der Waals surface area contributed by atoms with Gasteiger partial charge < -0.3 is 26.6 Å². The van der Waals surface area contributed by atoms with Crippen LogP contribution in [0.2, 0.25) is 0 Å². The number of carbonyl (C=O) groups is 3. The van der Waals surface area contributed by atoms with Crippen molar-refractivity contribution in [2.24, 2.45) is 22.5 Å². The number of carbonyl (C=O) groups excluding carboxylic acids is 2. The maximum Gasteiger partial charge on any atom is 0.305 e. The van der Waals surface area contributed by atoms with Gasteiger partial charge in [0, 0.05) is 5.92 Å². The summed E-state index contributed by atoms with van der Waals surface area (Å²) in [7, 11) is 0. The first-order chi connectivity index (χ1) is 10.9. The molecule has 1 aliphatic rings. The van der Waals surface area contributed by atoms with E-state index >= 15 is 0 Å². The first kappa shape index (κ1) is 20.4. The quantitative estimate of drug-likeness (QED) is 0.405. The van der Waals surface area contributed by atoms with Crippen molar-refractivity contribution in [3.63, 3.8) is 0 Å². The highest BCUT2D eigenvalue weighted by molar-refractivity contribution is 5.87. The van der Waals surface area contributed by atoms with Gasteiger partial charge in [-0.1, -0.05) is 27.7 Å². The van der Waals surface area contributed by atoms with E-state index in [0.29, 0.717) is 0 Å². The van der Waals surface area contributed by atoms with Gasteiger partial charge >= 0.3 is 5.97 Å². The Hall–Kier alpha value is -1.67. The molecular formula is C16H29N3O5. The number of rotatable bonds is 7. The van der Waals surface area contributed by atoms with Crippen LogP contribution in [0.5, 0.6) is 0 Å². The molecule has 2 atom stereocenters. The third-order valence-electron chi connectivity index (χ3n) is 4.79. The number of amides is 2. The Balaban J connectivity index is 2.72. The van der Waals surface area contributed by atoms with Crippen LogP contribution in [0.1, 0.15) is 47.0 Å². The zero-order valence-electron chi connectivity index (χ0n) is 14.8. The molecule has 8 nitrogen and oxygen atoms in total. The smallest absolute Gasteiger partial charge is 0.305 e. The van der Waals surface area contributed by atoms with Gasteiger partial charge in [-0.3, -0.25) is 14.4 Å². The highest BCUT2D eigenvalue weighted by Gasteiger charge is 2.51. The van der Waals surface area contributed by atoms with Crippen LogP contribution in [0.15, 0.2) is 0 Å². The fourth-order valence-corrected chi connectivity index (χ4v) is 3.64. The summed E-state index contributed by atoms with van der Waals surface area (Å²) in [6, 6.07) is -1.24. The summed E-state index contributed by atoms with van der Waals surface area (Å²) in [4.78, 5) is 35.1. The number of aliphatic hydroxyl groups is 1. The van der Waals surface area contributed by atoms with E-state index < -0.39 is 37.1 Å². The standard InChI is InChI=1S/C16H29N3O5/c1-15(2)5-6-16(3,4)12(15)14(24)19-10(8-20)18-13(23)9(17)7-11(21)22/h9-10,12,20H,5-8,17H2,1-4H3,(H,18,23)(H,19,24)(H,21,22)/t9-,10-/m0/s1. The maximum atomic E-state index is 12.7. The molecule has 0 saturated heterocycles. The van der Waals surface area contributed by atoms with Crippen LogP contribution in [-0.2, 0) is 14.4 Å². The molecule has 0 aromatic heterocycles. The molecule has 1 fully saturated rings. The number of aliphatic hydroxyl groups excluding tert-OH is 1. The molecule has 1 rings (SSSR count). The van der Waals surface area contributed by atoms with Crippen LogP contribution in [0.4, 0.5) is 0 Å². The van der Waals surface area contributed by atoms with Gasteiger partial charge in [-0.25, -0.2) is 0 Å². The van der Waals surface area contributed by atoms with Gasteiger partial charge in [0.15, 0.2) is 0 Å². The summed E-state index contributed by atoms with van der Waals surface area (Å²) in [6.07, 6.45) is 0.299. The average Bonchev–Trinajstić information content (AvgIpc) is 2.65. The van der Waals surface area contributed by atoms with E-state index in [-0.39, 0.29) is 22.7 Å². The van der Waals surface area contributed by atoms with Crippen LogP contribution in [0.25, 0.3) is 0 Å². The third kappa shape index (κ3) is 4.91. The van der Waals surface area contributed by atoms with Crippen molar-refractivity contribution in [2.45, 2.75) is 59.2 Å². The molecule has 0 unspecified atom stereocenters. The second kappa shape index (κ2) is 7.48. The SMILES string of the molecule is CC1(C)CCC(C)(C)C1C(=O)N[C@@H](CO)NC(=O)[C@@H](N)CC(=O)O. The molecule has 0 aromatic rings. The first-order valence-electron chi connectivity index (χ1n) is 8.09. The Bertz CT molecular complexity index is 488. The largest absolute Gasteiger partial charge is 0.481 e. The maximum absolute atomic E-state index is 12.7. The fraction of sp³-hybridized carbons (Fsp3) is 0.812. The third-order valence-corrected chi connectivity index (χ3v) is 4.79. The van der Waals surface area contributed by atoms with E-state index in [1.54, 1.807) is 0 Å². The van der Waals surface area contributed by atoms with E-state index in [1.165, 1.54) is 0 Å². The molecular weight excluding hydrogens is 314 g/mol. The number of hydrogen-bond donors (Lipinski definition) is 5. The highest BCUT2D eigenvalue weighted by atomic mass is 16.4. The number of nitrogens with two attached hydrogens (primary N) is 1. The minimum atomic E-state index is -1.24. The molecule has 138 valence electrons. The Morgan fingerprint density at radius 3 is 2.04 bits per heavy atom. The van der Waals surface area contributed by atoms with E-state index in [4.69, 9.17) is 10.8 Å². The molecule has 0 aromatic carbocycles. The summed E-state index contributed by atoms with van der Waals surface area (Å²) in [5.74, 6) is -2.43. The van der Waals surface area contributed by atoms with Crippen LogP contribution in [0.3, 0.4) is 0 Å². The summed E-state index contributed by atoms with van der Waals surface area (Å²) in [6.45, 7) is 7.61. The van der Waals surface area contributed by atoms with Crippen molar-refractivity contribution in [2.75, 3.05) is 6.61 Å². The molecule has 6 N–H and O–H groups in total. The predicted molar refractivity (Wildman–Crippen MR) is 87.7 cm³/mol. The van der Waals surface area contributed by atoms with Crippen molar-refractivity contribution in [3.05, 3.63) is 0 Å². The molecule has 0 spiro atoms. The monoisotopic (exact) mass is 343 g/mol. The van der Waals surface area contributed by atoms with Crippen molar-refractivity contribution in [1.29, 1.82) is 0 Å². The second-order valence-corrected chi connectivity index (χ2v) is 7.87. The van der Waals surface area contributed by atoms with Crippen molar-refractivity contribution in [1.82, 2.24) is 10.6 Å². The van der Waals surface area contributed by atoms with Crippen LogP contribution >= 0.6 is 0 Å². The lowest BCUT2D eigenvalue weighted by atomic mass is 9.72. The zero-order chi connectivity index (χ0) is 18.7. The summed E-state index contributed by atoms with van der Waals surface area (Å²) >= 11 is 0. The summed E-state index contributed by atoms with van der Waals surface area (Å²) < 4.78 is 0. The Labute approximate surface area is 142 Å². The number of aliphatic carboxylic acids is 1. The van der Waals surface area contributed by atoms with Crippen molar-refractivity contribution < 1.29 is 24.6 Å². The van der Waals surface area contributed by atoms with Crippen LogP contribution in [-0.4, -0.2) is 46.8 Å². The minimum Gasteiger partial charge on any atom is -0.481 e. The van der Waals surface area contributed by atoms with E-state index in [2.05, 4.69) is 10.6 Å². The first-order valence-corrected chi connectivity index (χ1v) is 8.09. The molecule has 0 aliphatic heterocycles. The van der Waals surface area contributed by atoms with E-state index in [1.807, 2.05) is 27.7 Å². The predicted octanol–water partition coefficient (Wildman–Crippen LogP) is -0.198.